The molecule has 0 saturated heterocycles. The van der Waals surface area contributed by atoms with Gasteiger partial charge in [-0.25, -0.2) is 0 Å². The van der Waals surface area contributed by atoms with Crippen LogP contribution in [-0.4, -0.2) is 19.5 Å². The van der Waals surface area contributed by atoms with Crippen molar-refractivity contribution in [3.05, 3.63) is 273 Å². The summed E-state index contributed by atoms with van der Waals surface area (Å²) in [6.45, 7) is -0.141. The minimum Gasteiger partial charge on any atom is -0.458 e. The Morgan fingerprint density at radius 2 is 0.845 bits per heavy atom. The van der Waals surface area contributed by atoms with E-state index in [9.17, 15) is 0 Å². The molecule has 3 heterocycles. The molecule has 2 aliphatic heterocycles. The molecular formula is C66H45BN2OSi. The van der Waals surface area contributed by atoms with Crippen molar-refractivity contribution in [3.8, 4) is 50.6 Å². The molecule has 12 aromatic rings. The standard InChI is InChI=1S/C66H45BN2OSi/c1-5-23-49(24-6-1)69-63-39-20-16-35-57(63)58-43-48(54-32-13-17-36-60(54)68-61-37-18-14-33-55(61)56-34-15-19-38-62(56)68)45-65-66(58)67(69)59-41-40-47(44-64(59)70-65)46-22-21-31-53(42-46)71(50-25-7-2-8-26-50,51-27-9-3-10-28-51)52-29-11-4-12-30-52/h1-45H. The first-order valence-corrected chi connectivity index (χ1v) is 26.5. The summed E-state index contributed by atoms with van der Waals surface area (Å²) in [5.74, 6) is 1.74. The highest BCUT2D eigenvalue weighted by atomic mass is 28.3. The van der Waals surface area contributed by atoms with Gasteiger partial charge in [0, 0.05) is 38.7 Å². The lowest BCUT2D eigenvalue weighted by Crippen LogP contribution is -2.74. The van der Waals surface area contributed by atoms with E-state index in [0.29, 0.717) is 0 Å². The van der Waals surface area contributed by atoms with Gasteiger partial charge in [-0.15, -0.1) is 0 Å². The minimum absolute atomic E-state index is 0.141. The molecule has 332 valence electrons. The first kappa shape index (κ1) is 41.1. The summed E-state index contributed by atoms with van der Waals surface area (Å²) in [7, 11) is -2.77. The Bertz CT molecular complexity index is 3840. The zero-order valence-corrected chi connectivity index (χ0v) is 39.9. The predicted molar refractivity (Wildman–Crippen MR) is 301 cm³/mol. The summed E-state index contributed by atoms with van der Waals surface area (Å²) in [5, 5.41) is 7.87. The first-order chi connectivity index (χ1) is 35.2. The van der Waals surface area contributed by atoms with E-state index in [1.54, 1.807) is 0 Å². The average Bonchev–Trinajstić information content (AvgIpc) is 3.78. The molecule has 2 aliphatic rings. The molecule has 5 heteroatoms. The third-order valence-electron chi connectivity index (χ3n) is 15.0. The summed E-state index contributed by atoms with van der Waals surface area (Å²) in [4.78, 5) is 2.52. The largest absolute Gasteiger partial charge is 0.458 e. The zero-order chi connectivity index (χ0) is 46.9. The molecule has 1 aromatic heterocycles. The van der Waals surface area contributed by atoms with Crippen molar-refractivity contribution in [2.45, 2.75) is 0 Å². The second kappa shape index (κ2) is 16.7. The lowest BCUT2D eigenvalue weighted by atomic mass is 9.44. The maximum absolute atomic E-state index is 7.40. The van der Waals surface area contributed by atoms with Crippen molar-refractivity contribution in [2.24, 2.45) is 0 Å². The normalized spacial score (nSPS) is 12.6. The van der Waals surface area contributed by atoms with E-state index in [0.717, 1.165) is 50.6 Å². The van der Waals surface area contributed by atoms with Crippen molar-refractivity contribution < 1.29 is 4.74 Å². The molecule has 71 heavy (non-hydrogen) atoms. The van der Waals surface area contributed by atoms with Crippen molar-refractivity contribution >= 4 is 79.8 Å². The maximum atomic E-state index is 7.40. The molecule has 3 nitrogen and oxygen atoms in total. The SMILES string of the molecule is c1ccc(N2B3c4ccc(-c5cccc([Si](c6ccccc6)(c6ccccc6)c6ccccc6)c5)cc4Oc4cc(-c5ccccc5-n5c6ccccc6c6ccccc65)cc(c43)-c3ccccc32)cc1. The fourth-order valence-electron chi connectivity index (χ4n) is 12.0. The van der Waals surface area contributed by atoms with Crippen LogP contribution in [0.1, 0.15) is 0 Å². The van der Waals surface area contributed by atoms with Crippen LogP contribution in [0, 0.1) is 0 Å². The van der Waals surface area contributed by atoms with Crippen LogP contribution < -0.4 is 41.2 Å². The number of fused-ring (bicyclic) bond motifs is 7. The smallest absolute Gasteiger partial charge is 0.336 e. The molecule has 0 fully saturated rings. The van der Waals surface area contributed by atoms with Crippen molar-refractivity contribution in [2.75, 3.05) is 4.81 Å². The number of aromatic nitrogens is 1. The quantitative estimate of drug-likeness (QED) is 0.112. The van der Waals surface area contributed by atoms with E-state index in [-0.39, 0.29) is 6.85 Å². The van der Waals surface area contributed by atoms with Crippen LogP contribution in [0.2, 0.25) is 0 Å². The second-order valence-corrected chi connectivity index (χ2v) is 22.5. The highest BCUT2D eigenvalue weighted by Crippen LogP contribution is 2.47. The minimum atomic E-state index is -2.77. The van der Waals surface area contributed by atoms with Crippen LogP contribution >= 0.6 is 0 Å². The van der Waals surface area contributed by atoms with Crippen LogP contribution in [-0.2, 0) is 0 Å². The van der Waals surface area contributed by atoms with Crippen molar-refractivity contribution in [1.29, 1.82) is 0 Å². The van der Waals surface area contributed by atoms with E-state index < -0.39 is 8.07 Å². The summed E-state index contributed by atoms with van der Waals surface area (Å²) in [6.07, 6.45) is 0. The van der Waals surface area contributed by atoms with Crippen molar-refractivity contribution in [3.63, 3.8) is 0 Å². The molecule has 0 atom stereocenters. The molecule has 14 rings (SSSR count). The molecule has 0 saturated carbocycles. The first-order valence-electron chi connectivity index (χ1n) is 24.5. The van der Waals surface area contributed by atoms with Crippen LogP contribution in [0.25, 0.3) is 60.9 Å². The van der Waals surface area contributed by atoms with Gasteiger partial charge in [0.05, 0.1) is 16.7 Å². The third-order valence-corrected chi connectivity index (χ3v) is 19.8. The average molecular weight is 921 g/mol. The van der Waals surface area contributed by atoms with Gasteiger partial charge in [-0.1, -0.05) is 218 Å². The van der Waals surface area contributed by atoms with Gasteiger partial charge in [0.25, 0.3) is 0 Å². The van der Waals surface area contributed by atoms with Gasteiger partial charge in [0.2, 0.25) is 0 Å². The summed E-state index contributed by atoms with van der Waals surface area (Å²) >= 11 is 0. The van der Waals surface area contributed by atoms with Crippen molar-refractivity contribution in [1.82, 2.24) is 4.57 Å². The lowest BCUT2D eigenvalue weighted by Gasteiger charge is -2.42. The van der Waals surface area contributed by atoms with Crippen LogP contribution in [0.15, 0.2) is 273 Å². The number of anilines is 2. The molecule has 0 aliphatic carbocycles. The number of rotatable bonds is 8. The van der Waals surface area contributed by atoms with Gasteiger partial charge in [-0.3, -0.25) is 0 Å². The fraction of sp³-hybridized carbons (Fsp3) is 0. The van der Waals surface area contributed by atoms with Gasteiger partial charge >= 0.3 is 6.85 Å². The monoisotopic (exact) mass is 920 g/mol. The molecule has 0 N–H and O–H groups in total. The number of para-hydroxylation sites is 5. The highest BCUT2D eigenvalue weighted by Gasteiger charge is 2.45. The lowest BCUT2D eigenvalue weighted by molar-refractivity contribution is 0.487. The zero-order valence-electron chi connectivity index (χ0n) is 38.9. The highest BCUT2D eigenvalue weighted by molar-refractivity contribution is 7.20. The van der Waals surface area contributed by atoms with E-state index in [1.807, 2.05) is 0 Å². The summed E-state index contributed by atoms with van der Waals surface area (Å²) < 4.78 is 9.83. The van der Waals surface area contributed by atoms with E-state index in [2.05, 4.69) is 282 Å². The Balaban J connectivity index is 0.969. The van der Waals surface area contributed by atoms with Gasteiger partial charge in [-0.2, -0.15) is 0 Å². The van der Waals surface area contributed by atoms with Gasteiger partial charge in [0.1, 0.15) is 11.5 Å². The molecule has 0 bridgehead atoms. The Morgan fingerprint density at radius 1 is 0.338 bits per heavy atom. The van der Waals surface area contributed by atoms with Crippen LogP contribution in [0.5, 0.6) is 11.5 Å². The van der Waals surface area contributed by atoms with E-state index >= 15 is 0 Å². The van der Waals surface area contributed by atoms with Crippen LogP contribution in [0.3, 0.4) is 0 Å². The number of benzene rings is 11. The maximum Gasteiger partial charge on any atom is 0.336 e. The Morgan fingerprint density at radius 3 is 1.49 bits per heavy atom. The Kier molecular flexibility index (Phi) is 9.65. The topological polar surface area (TPSA) is 17.4 Å². The molecule has 0 amide bonds. The summed E-state index contributed by atoms with van der Waals surface area (Å²) in [6, 6.07) is 100. The fourth-order valence-corrected chi connectivity index (χ4v) is 16.8. The van der Waals surface area contributed by atoms with E-state index in [4.69, 9.17) is 4.74 Å². The number of hydrogen-bond donors (Lipinski definition) is 0. The predicted octanol–water partition coefficient (Wildman–Crippen LogP) is 12.5. The number of nitrogens with zero attached hydrogens (tertiary/aromatic N) is 2. The summed E-state index contributed by atoms with van der Waals surface area (Å²) in [5.41, 5.74) is 15.0. The third kappa shape index (κ3) is 6.44. The number of ether oxygens (including phenoxy) is 1. The molecule has 11 aromatic carbocycles. The molecular weight excluding hydrogens is 876 g/mol. The second-order valence-electron chi connectivity index (χ2n) is 18.7. The van der Waals surface area contributed by atoms with E-state index in [1.165, 1.54) is 64.8 Å². The van der Waals surface area contributed by atoms with Gasteiger partial charge in [0.15, 0.2) is 8.07 Å². The number of hydrogen-bond acceptors (Lipinski definition) is 2. The Hall–Kier alpha value is -8.90. The molecule has 0 unspecified atom stereocenters. The molecule has 0 radical (unpaired) electrons. The molecule has 0 spiro atoms. The van der Waals surface area contributed by atoms with Gasteiger partial charge in [-0.05, 0) is 103 Å². The van der Waals surface area contributed by atoms with Crippen LogP contribution in [0.4, 0.5) is 11.4 Å². The Labute approximate surface area is 415 Å². The van der Waals surface area contributed by atoms with Gasteiger partial charge < -0.3 is 14.1 Å².